The molecule has 1 aliphatic rings. The van der Waals surface area contributed by atoms with Gasteiger partial charge in [-0.25, -0.2) is 9.40 Å². The van der Waals surface area contributed by atoms with E-state index in [2.05, 4.69) is 26.0 Å². The van der Waals surface area contributed by atoms with E-state index in [1.807, 2.05) is 48.7 Å². The molecular formula is C22H26N5O3S-. The fourth-order valence-corrected chi connectivity index (χ4v) is 4.43. The first kappa shape index (κ1) is 21.6. The Morgan fingerprint density at radius 2 is 1.94 bits per heavy atom. The van der Waals surface area contributed by atoms with Crippen molar-refractivity contribution in [1.29, 1.82) is 0 Å². The molecule has 8 nitrogen and oxygen atoms in total. The van der Waals surface area contributed by atoms with Gasteiger partial charge in [0.25, 0.3) is 0 Å². The molecule has 0 radical (unpaired) electrons. The number of likely N-dealkylation sites (tertiary alicyclic amines) is 1. The number of hydrogen-bond donors (Lipinski definition) is 1. The van der Waals surface area contributed by atoms with Gasteiger partial charge in [-0.2, -0.15) is 0 Å². The van der Waals surface area contributed by atoms with Crippen molar-refractivity contribution in [2.75, 3.05) is 20.2 Å². The van der Waals surface area contributed by atoms with Crippen LogP contribution in [-0.4, -0.2) is 48.9 Å². The molecule has 31 heavy (non-hydrogen) atoms. The highest BCUT2D eigenvalue weighted by Crippen LogP contribution is 2.36. The number of rotatable bonds is 8. The molecule has 1 aromatic heterocycles. The molecule has 164 valence electrons. The van der Waals surface area contributed by atoms with Crippen LogP contribution < -0.4 is 9.46 Å². The lowest BCUT2D eigenvalue weighted by atomic mass is 9.87. The van der Waals surface area contributed by atoms with Crippen LogP contribution in [0.1, 0.15) is 35.6 Å². The molecule has 9 heteroatoms. The van der Waals surface area contributed by atoms with E-state index in [1.54, 1.807) is 11.8 Å². The first-order valence-corrected chi connectivity index (χ1v) is 11.4. The standard InChI is InChI=1S/C22H27N5O3S/c1-30-22-18(14-23-31(28)29)6-5-9-21(22)17-10-12-26(13-11-17)15-19-16-27(25-24-19)20-7-3-2-4-8-20/h2-9,16-17,23H,10-15H2,1H3,(H,28,29)/p-1. The fourth-order valence-electron chi connectivity index (χ4n) is 4.16. The van der Waals surface area contributed by atoms with Crippen molar-refractivity contribution in [2.45, 2.75) is 31.8 Å². The molecule has 1 N–H and O–H groups in total. The number of nitrogens with one attached hydrogen (secondary N) is 1. The Morgan fingerprint density at radius 1 is 1.16 bits per heavy atom. The van der Waals surface area contributed by atoms with Crippen LogP contribution in [0.15, 0.2) is 54.7 Å². The fraction of sp³-hybridized carbons (Fsp3) is 0.364. The Morgan fingerprint density at radius 3 is 2.65 bits per heavy atom. The second kappa shape index (κ2) is 10.1. The van der Waals surface area contributed by atoms with Crippen molar-refractivity contribution in [2.24, 2.45) is 0 Å². The monoisotopic (exact) mass is 440 g/mol. The second-order valence-electron chi connectivity index (χ2n) is 7.64. The minimum atomic E-state index is -2.30. The van der Waals surface area contributed by atoms with Gasteiger partial charge in [0.1, 0.15) is 5.75 Å². The molecule has 0 aliphatic carbocycles. The van der Waals surface area contributed by atoms with E-state index in [1.165, 1.54) is 0 Å². The maximum Gasteiger partial charge on any atom is 0.126 e. The van der Waals surface area contributed by atoms with Gasteiger partial charge in [-0.1, -0.05) is 41.6 Å². The van der Waals surface area contributed by atoms with Gasteiger partial charge >= 0.3 is 0 Å². The summed E-state index contributed by atoms with van der Waals surface area (Å²) in [4.78, 5) is 2.40. The Bertz CT molecular complexity index is 1020. The third kappa shape index (κ3) is 5.37. The minimum absolute atomic E-state index is 0.225. The van der Waals surface area contributed by atoms with Crippen molar-refractivity contribution in [3.8, 4) is 11.4 Å². The van der Waals surface area contributed by atoms with E-state index in [0.717, 1.165) is 60.7 Å². The molecule has 1 unspecified atom stereocenters. The van der Waals surface area contributed by atoms with Crippen LogP contribution in [0.5, 0.6) is 5.75 Å². The summed E-state index contributed by atoms with van der Waals surface area (Å²) >= 11 is -2.30. The van der Waals surface area contributed by atoms with Crippen LogP contribution in [-0.2, 0) is 24.4 Å². The number of nitrogens with zero attached hydrogens (tertiary/aromatic N) is 4. The zero-order valence-corrected chi connectivity index (χ0v) is 18.3. The number of methoxy groups -OCH3 is 1. The molecule has 1 aliphatic heterocycles. The van der Waals surface area contributed by atoms with Crippen molar-refractivity contribution >= 4 is 11.3 Å². The number of hydrogen-bond acceptors (Lipinski definition) is 6. The summed E-state index contributed by atoms with van der Waals surface area (Å²) in [7, 11) is 1.64. The molecule has 1 saturated heterocycles. The average Bonchev–Trinajstić information content (AvgIpc) is 3.27. The lowest BCUT2D eigenvalue weighted by Crippen LogP contribution is -2.32. The van der Waals surface area contributed by atoms with Crippen LogP contribution in [0.2, 0.25) is 0 Å². The zero-order chi connectivity index (χ0) is 21.6. The molecule has 0 spiro atoms. The molecular weight excluding hydrogens is 414 g/mol. The summed E-state index contributed by atoms with van der Waals surface area (Å²) < 4.78 is 31.6. The minimum Gasteiger partial charge on any atom is -0.760 e. The summed E-state index contributed by atoms with van der Waals surface area (Å²) in [5.74, 6) is 1.16. The molecule has 1 atom stereocenters. The number of piperidine rings is 1. The summed E-state index contributed by atoms with van der Waals surface area (Å²) in [6.07, 6.45) is 4.00. The van der Waals surface area contributed by atoms with E-state index in [-0.39, 0.29) is 6.54 Å². The van der Waals surface area contributed by atoms with Gasteiger partial charge in [-0.15, -0.1) is 5.10 Å². The quantitative estimate of drug-likeness (QED) is 0.541. The Hall–Kier alpha value is -2.59. The average molecular weight is 441 g/mol. The van der Waals surface area contributed by atoms with Crippen LogP contribution in [0.4, 0.5) is 0 Å². The summed E-state index contributed by atoms with van der Waals surface area (Å²) in [5, 5.41) is 8.58. The lowest BCUT2D eigenvalue weighted by molar-refractivity contribution is 0.201. The van der Waals surface area contributed by atoms with Crippen LogP contribution in [0.3, 0.4) is 0 Å². The van der Waals surface area contributed by atoms with Crippen LogP contribution >= 0.6 is 0 Å². The van der Waals surface area contributed by atoms with E-state index < -0.39 is 11.3 Å². The second-order valence-corrected chi connectivity index (χ2v) is 8.39. The first-order chi connectivity index (χ1) is 15.1. The largest absolute Gasteiger partial charge is 0.760 e. The van der Waals surface area contributed by atoms with Crippen molar-refractivity contribution in [3.05, 3.63) is 71.5 Å². The Kier molecular flexibility index (Phi) is 7.08. The molecule has 2 heterocycles. The number of benzene rings is 2. The smallest absolute Gasteiger partial charge is 0.126 e. The maximum atomic E-state index is 10.9. The topological polar surface area (TPSA) is 95.3 Å². The molecule has 2 aromatic carbocycles. The Balaban J connectivity index is 1.37. The Labute approximate surface area is 184 Å². The summed E-state index contributed by atoms with van der Waals surface area (Å²) in [6, 6.07) is 15.9. The highest BCUT2D eigenvalue weighted by molar-refractivity contribution is 7.77. The third-order valence-electron chi connectivity index (χ3n) is 5.69. The van der Waals surface area contributed by atoms with E-state index >= 15 is 0 Å². The van der Waals surface area contributed by atoms with Gasteiger partial charge in [0.05, 0.1) is 24.7 Å². The van der Waals surface area contributed by atoms with E-state index in [9.17, 15) is 8.76 Å². The van der Waals surface area contributed by atoms with Crippen molar-refractivity contribution in [3.63, 3.8) is 0 Å². The number of aromatic nitrogens is 3. The van der Waals surface area contributed by atoms with Crippen molar-refractivity contribution < 1.29 is 13.5 Å². The predicted molar refractivity (Wildman–Crippen MR) is 117 cm³/mol. The highest BCUT2D eigenvalue weighted by Gasteiger charge is 2.24. The highest BCUT2D eigenvalue weighted by atomic mass is 32.2. The van der Waals surface area contributed by atoms with Gasteiger partial charge in [0, 0.05) is 29.9 Å². The van der Waals surface area contributed by atoms with Crippen LogP contribution in [0, 0.1) is 0 Å². The lowest BCUT2D eigenvalue weighted by Gasteiger charge is -2.32. The van der Waals surface area contributed by atoms with Gasteiger partial charge in [-0.3, -0.25) is 9.11 Å². The molecule has 0 bridgehead atoms. The zero-order valence-electron chi connectivity index (χ0n) is 17.4. The molecule has 0 saturated carbocycles. The van der Waals surface area contributed by atoms with E-state index in [0.29, 0.717) is 5.92 Å². The number of ether oxygens (including phenoxy) is 1. The molecule has 0 amide bonds. The third-order valence-corrected chi connectivity index (χ3v) is 6.07. The van der Waals surface area contributed by atoms with Gasteiger partial charge in [0.2, 0.25) is 0 Å². The van der Waals surface area contributed by atoms with Gasteiger partial charge in [0.15, 0.2) is 0 Å². The molecule has 3 aromatic rings. The molecule has 4 rings (SSSR count). The SMILES string of the molecule is COc1c(CNS(=O)[O-])cccc1C1CCN(Cc2cn(-c3ccccc3)nn2)CC1. The predicted octanol–water partition coefficient (Wildman–Crippen LogP) is 2.54. The summed E-state index contributed by atoms with van der Waals surface area (Å²) in [5.41, 5.74) is 3.96. The maximum absolute atomic E-state index is 10.9. The number of para-hydroxylation sites is 2. The molecule has 1 fully saturated rings. The first-order valence-electron chi connectivity index (χ1n) is 10.3. The van der Waals surface area contributed by atoms with Gasteiger partial charge < -0.3 is 9.29 Å². The van der Waals surface area contributed by atoms with Crippen LogP contribution in [0.25, 0.3) is 5.69 Å². The van der Waals surface area contributed by atoms with Gasteiger partial charge in [-0.05, 0) is 49.5 Å². The van der Waals surface area contributed by atoms with Crippen molar-refractivity contribution in [1.82, 2.24) is 24.6 Å². The summed E-state index contributed by atoms with van der Waals surface area (Å²) in [6.45, 7) is 2.91. The normalized spacial score (nSPS) is 16.3. The van der Waals surface area contributed by atoms with E-state index in [4.69, 9.17) is 4.74 Å².